The van der Waals surface area contributed by atoms with Crippen LogP contribution < -0.4 is 5.43 Å². The Labute approximate surface area is 123 Å². The van der Waals surface area contributed by atoms with Crippen molar-refractivity contribution in [2.45, 2.75) is 0 Å². The zero-order valence-corrected chi connectivity index (χ0v) is 11.1. The van der Waals surface area contributed by atoms with Gasteiger partial charge in [0.1, 0.15) is 22.5 Å². The van der Waals surface area contributed by atoms with Crippen LogP contribution in [0.3, 0.4) is 0 Å². The molecule has 6 heteroatoms. The van der Waals surface area contributed by atoms with Gasteiger partial charge in [-0.05, 0) is 0 Å². The molecule has 0 amide bonds. The van der Waals surface area contributed by atoms with Gasteiger partial charge in [0.05, 0.1) is 5.56 Å². The average Bonchev–Trinajstić information content (AvgIpc) is 2.51. The maximum Gasteiger partial charge on any atom is 0.238 e. The van der Waals surface area contributed by atoms with Crippen LogP contribution in [0.5, 0.6) is 17.2 Å². The van der Waals surface area contributed by atoms with Crippen molar-refractivity contribution in [1.29, 1.82) is 0 Å². The first-order valence-corrected chi connectivity index (χ1v) is 6.30. The van der Waals surface area contributed by atoms with E-state index < -0.39 is 28.2 Å². The van der Waals surface area contributed by atoms with Crippen LogP contribution in [0.4, 0.5) is 0 Å². The molecule has 0 bridgehead atoms. The van der Waals surface area contributed by atoms with Gasteiger partial charge in [0.2, 0.25) is 11.2 Å². The summed E-state index contributed by atoms with van der Waals surface area (Å²) >= 11 is 0. The van der Waals surface area contributed by atoms with Gasteiger partial charge in [-0.15, -0.1) is 0 Å². The van der Waals surface area contributed by atoms with Crippen molar-refractivity contribution < 1.29 is 24.5 Å². The standard InChI is InChI=1S/C16H10O6/c17-7-9-10(18)6-11-12(13(9)19)14(20)15(21)16(22-11)8-4-2-1-3-5-8/h1-7,18-19,21H. The lowest BCUT2D eigenvalue weighted by atomic mass is 10.1. The van der Waals surface area contributed by atoms with E-state index >= 15 is 0 Å². The molecule has 2 aromatic carbocycles. The van der Waals surface area contributed by atoms with Gasteiger partial charge in [-0.1, -0.05) is 30.3 Å². The molecule has 0 atom stereocenters. The van der Waals surface area contributed by atoms with Crippen molar-refractivity contribution in [2.24, 2.45) is 0 Å². The highest BCUT2D eigenvalue weighted by Gasteiger charge is 2.21. The van der Waals surface area contributed by atoms with Crippen molar-refractivity contribution in [3.05, 3.63) is 52.2 Å². The van der Waals surface area contributed by atoms with Crippen molar-refractivity contribution in [1.82, 2.24) is 0 Å². The Hall–Kier alpha value is -3.28. The third-order valence-corrected chi connectivity index (χ3v) is 3.31. The highest BCUT2D eigenvalue weighted by molar-refractivity contribution is 5.97. The van der Waals surface area contributed by atoms with Gasteiger partial charge in [-0.2, -0.15) is 0 Å². The lowest BCUT2D eigenvalue weighted by Gasteiger charge is -2.09. The van der Waals surface area contributed by atoms with E-state index in [1.54, 1.807) is 30.3 Å². The van der Waals surface area contributed by atoms with E-state index in [9.17, 15) is 24.9 Å². The van der Waals surface area contributed by atoms with Crippen LogP contribution in [0.25, 0.3) is 22.3 Å². The lowest BCUT2D eigenvalue weighted by Crippen LogP contribution is -2.04. The third-order valence-electron chi connectivity index (χ3n) is 3.31. The molecule has 3 aromatic rings. The molecule has 0 aliphatic heterocycles. The number of fused-ring (bicyclic) bond motifs is 1. The minimum Gasteiger partial charge on any atom is -0.507 e. The fraction of sp³-hybridized carbons (Fsp3) is 0. The van der Waals surface area contributed by atoms with Gasteiger partial charge in [0, 0.05) is 11.6 Å². The number of phenolic OH excluding ortho intramolecular Hbond substituents is 2. The van der Waals surface area contributed by atoms with Crippen molar-refractivity contribution in [3.8, 4) is 28.6 Å². The van der Waals surface area contributed by atoms with Crippen LogP contribution in [0.15, 0.2) is 45.6 Å². The first-order valence-electron chi connectivity index (χ1n) is 6.30. The third kappa shape index (κ3) is 1.89. The Balaban J connectivity index is 2.44. The smallest absolute Gasteiger partial charge is 0.238 e. The first-order chi connectivity index (χ1) is 10.5. The minimum atomic E-state index is -0.888. The molecule has 22 heavy (non-hydrogen) atoms. The van der Waals surface area contributed by atoms with Crippen LogP contribution in [0, 0.1) is 0 Å². The predicted octanol–water partition coefficient (Wildman–Crippen LogP) is 2.39. The quantitative estimate of drug-likeness (QED) is 0.627. The Morgan fingerprint density at radius 3 is 2.32 bits per heavy atom. The summed E-state index contributed by atoms with van der Waals surface area (Å²) in [5.74, 6) is -2.02. The summed E-state index contributed by atoms with van der Waals surface area (Å²) in [6.07, 6.45) is 0.214. The fourth-order valence-electron chi connectivity index (χ4n) is 2.23. The second kappa shape index (κ2) is 4.92. The lowest BCUT2D eigenvalue weighted by molar-refractivity contribution is 0.111. The summed E-state index contributed by atoms with van der Waals surface area (Å²) in [4.78, 5) is 23.1. The van der Waals surface area contributed by atoms with E-state index in [0.717, 1.165) is 6.07 Å². The monoisotopic (exact) mass is 298 g/mol. The zero-order chi connectivity index (χ0) is 15.9. The number of rotatable bonds is 2. The molecule has 3 N–H and O–H groups in total. The maximum absolute atomic E-state index is 12.3. The Kier molecular flexibility index (Phi) is 3.06. The van der Waals surface area contributed by atoms with Crippen molar-refractivity contribution >= 4 is 17.3 Å². The topological polar surface area (TPSA) is 108 Å². The van der Waals surface area contributed by atoms with Crippen LogP contribution in [0.2, 0.25) is 0 Å². The molecule has 1 aromatic heterocycles. The van der Waals surface area contributed by atoms with Crippen LogP contribution in [-0.2, 0) is 0 Å². The molecule has 110 valence electrons. The predicted molar refractivity (Wildman–Crippen MR) is 78.3 cm³/mol. The Bertz CT molecular complexity index is 940. The van der Waals surface area contributed by atoms with Crippen LogP contribution >= 0.6 is 0 Å². The van der Waals surface area contributed by atoms with Crippen LogP contribution in [-0.4, -0.2) is 21.6 Å². The molecule has 0 aliphatic carbocycles. The van der Waals surface area contributed by atoms with E-state index in [-0.39, 0.29) is 23.0 Å². The molecular formula is C16H10O6. The number of hydrogen-bond donors (Lipinski definition) is 3. The largest absolute Gasteiger partial charge is 0.507 e. The normalized spacial score (nSPS) is 10.7. The number of aldehydes is 1. The maximum atomic E-state index is 12.3. The summed E-state index contributed by atoms with van der Waals surface area (Å²) in [6, 6.07) is 9.46. The summed E-state index contributed by atoms with van der Waals surface area (Å²) in [6.45, 7) is 0. The molecule has 1 heterocycles. The summed E-state index contributed by atoms with van der Waals surface area (Å²) in [7, 11) is 0. The van der Waals surface area contributed by atoms with Gasteiger partial charge in [-0.3, -0.25) is 9.59 Å². The molecule has 0 spiro atoms. The average molecular weight is 298 g/mol. The highest BCUT2D eigenvalue weighted by atomic mass is 16.4. The summed E-state index contributed by atoms with van der Waals surface area (Å²) in [5.41, 5.74) is -1.01. The van der Waals surface area contributed by atoms with Gasteiger partial charge < -0.3 is 19.7 Å². The molecule has 0 saturated carbocycles. The fourth-order valence-corrected chi connectivity index (χ4v) is 2.23. The number of hydrogen-bond acceptors (Lipinski definition) is 6. The summed E-state index contributed by atoms with van der Waals surface area (Å²) in [5, 5.41) is 29.3. The number of aromatic hydroxyl groups is 3. The van der Waals surface area contributed by atoms with E-state index in [1.165, 1.54) is 0 Å². The highest BCUT2D eigenvalue weighted by Crippen LogP contribution is 2.37. The zero-order valence-electron chi connectivity index (χ0n) is 11.1. The number of carbonyl (C=O) groups is 1. The number of carbonyl (C=O) groups excluding carboxylic acids is 1. The molecular weight excluding hydrogens is 288 g/mol. The van der Waals surface area contributed by atoms with Gasteiger partial charge in [-0.25, -0.2) is 0 Å². The van der Waals surface area contributed by atoms with Gasteiger partial charge in [0.15, 0.2) is 12.0 Å². The molecule has 0 saturated heterocycles. The molecule has 0 unspecified atom stereocenters. The molecule has 0 fully saturated rings. The van der Waals surface area contributed by atoms with E-state index in [2.05, 4.69) is 0 Å². The van der Waals surface area contributed by atoms with Crippen LogP contribution in [0.1, 0.15) is 10.4 Å². The molecule has 0 aliphatic rings. The second-order valence-corrected chi connectivity index (χ2v) is 4.62. The molecule has 3 rings (SSSR count). The van der Waals surface area contributed by atoms with Gasteiger partial charge in [0.25, 0.3) is 0 Å². The molecule has 0 radical (unpaired) electrons. The van der Waals surface area contributed by atoms with Crippen molar-refractivity contribution in [2.75, 3.05) is 0 Å². The first kappa shape index (κ1) is 13.7. The minimum absolute atomic E-state index is 0.0873. The SMILES string of the molecule is O=Cc1c(O)cc2oc(-c3ccccc3)c(O)c(=O)c2c1O. The Morgan fingerprint density at radius 2 is 1.68 bits per heavy atom. The second-order valence-electron chi connectivity index (χ2n) is 4.62. The van der Waals surface area contributed by atoms with E-state index in [0.29, 0.717) is 5.56 Å². The number of phenols is 2. The number of benzene rings is 2. The van der Waals surface area contributed by atoms with Crippen molar-refractivity contribution in [3.63, 3.8) is 0 Å². The Morgan fingerprint density at radius 1 is 1.00 bits per heavy atom. The molecule has 6 nitrogen and oxygen atoms in total. The van der Waals surface area contributed by atoms with Gasteiger partial charge >= 0.3 is 0 Å². The summed E-state index contributed by atoms with van der Waals surface area (Å²) < 4.78 is 5.43. The van der Waals surface area contributed by atoms with E-state index in [1.807, 2.05) is 0 Å². The van der Waals surface area contributed by atoms with E-state index in [4.69, 9.17) is 4.42 Å².